The van der Waals surface area contributed by atoms with Crippen LogP contribution in [-0.4, -0.2) is 26.0 Å². The molecule has 1 fully saturated rings. The number of hydrogen-bond donors (Lipinski definition) is 1. The van der Waals surface area contributed by atoms with Gasteiger partial charge in [-0.1, -0.05) is 6.92 Å². The van der Waals surface area contributed by atoms with Crippen molar-refractivity contribution in [2.24, 2.45) is 11.7 Å². The minimum atomic E-state index is -2.67. The molecule has 4 heteroatoms. The molecule has 1 atom stereocenters. The second-order valence-corrected chi connectivity index (χ2v) is 5.06. The van der Waals surface area contributed by atoms with Crippen molar-refractivity contribution in [1.29, 1.82) is 0 Å². The van der Waals surface area contributed by atoms with Crippen LogP contribution in [0.15, 0.2) is 0 Å². The SMILES string of the molecule is CCC(N)C1CS(=O)(=O)C1. The smallest absolute Gasteiger partial charge is 0.151 e. The minimum absolute atomic E-state index is 0.0866. The molecule has 0 aromatic rings. The summed E-state index contributed by atoms with van der Waals surface area (Å²) >= 11 is 0. The van der Waals surface area contributed by atoms with Crippen LogP contribution in [0.1, 0.15) is 13.3 Å². The van der Waals surface area contributed by atoms with Crippen molar-refractivity contribution in [3.05, 3.63) is 0 Å². The molecule has 1 heterocycles. The topological polar surface area (TPSA) is 60.2 Å². The van der Waals surface area contributed by atoms with Crippen molar-refractivity contribution >= 4 is 9.84 Å². The Morgan fingerprint density at radius 1 is 1.60 bits per heavy atom. The first-order valence-corrected chi connectivity index (χ1v) is 5.33. The molecule has 2 N–H and O–H groups in total. The Bertz CT molecular complexity index is 198. The van der Waals surface area contributed by atoms with Gasteiger partial charge in [-0.05, 0) is 6.42 Å². The first kappa shape index (κ1) is 8.01. The average molecular weight is 163 g/mol. The van der Waals surface area contributed by atoms with E-state index in [4.69, 9.17) is 5.73 Å². The molecule has 0 bridgehead atoms. The van der Waals surface area contributed by atoms with Crippen LogP contribution in [0, 0.1) is 5.92 Å². The van der Waals surface area contributed by atoms with Gasteiger partial charge in [-0.15, -0.1) is 0 Å². The van der Waals surface area contributed by atoms with E-state index in [0.29, 0.717) is 11.5 Å². The van der Waals surface area contributed by atoms with Crippen LogP contribution < -0.4 is 5.73 Å². The Kier molecular flexibility index (Phi) is 2.01. The van der Waals surface area contributed by atoms with Crippen molar-refractivity contribution < 1.29 is 8.42 Å². The third-order valence-electron chi connectivity index (χ3n) is 2.01. The summed E-state index contributed by atoms with van der Waals surface area (Å²) in [5, 5.41) is 0. The lowest BCUT2D eigenvalue weighted by Gasteiger charge is -2.30. The first-order chi connectivity index (χ1) is 4.55. The molecule has 0 radical (unpaired) electrons. The second kappa shape index (κ2) is 2.51. The normalized spacial score (nSPS) is 27.4. The van der Waals surface area contributed by atoms with E-state index in [1.807, 2.05) is 6.92 Å². The summed E-state index contributed by atoms with van der Waals surface area (Å²) in [4.78, 5) is 0. The van der Waals surface area contributed by atoms with Gasteiger partial charge >= 0.3 is 0 Å². The summed E-state index contributed by atoms with van der Waals surface area (Å²) in [7, 11) is -2.67. The average Bonchev–Trinajstić information content (AvgIpc) is 1.81. The zero-order chi connectivity index (χ0) is 7.78. The number of rotatable bonds is 2. The van der Waals surface area contributed by atoms with Crippen LogP contribution in [0.2, 0.25) is 0 Å². The Balaban J connectivity index is 2.40. The Morgan fingerprint density at radius 3 is 2.40 bits per heavy atom. The second-order valence-electron chi connectivity index (χ2n) is 2.91. The van der Waals surface area contributed by atoms with Gasteiger partial charge in [0.25, 0.3) is 0 Å². The third kappa shape index (κ3) is 1.49. The molecule has 3 nitrogen and oxygen atoms in total. The van der Waals surface area contributed by atoms with E-state index >= 15 is 0 Å². The predicted molar refractivity (Wildman–Crippen MR) is 40.4 cm³/mol. The molecule has 1 unspecified atom stereocenters. The highest BCUT2D eigenvalue weighted by atomic mass is 32.2. The summed E-state index contributed by atoms with van der Waals surface area (Å²) in [5.74, 6) is 0.847. The molecule has 0 aromatic heterocycles. The number of hydrogen-bond acceptors (Lipinski definition) is 3. The molecule has 0 aromatic carbocycles. The zero-order valence-electron chi connectivity index (χ0n) is 6.08. The van der Waals surface area contributed by atoms with Crippen molar-refractivity contribution in [1.82, 2.24) is 0 Å². The summed E-state index contributed by atoms with van der Waals surface area (Å²) in [5.41, 5.74) is 5.63. The Morgan fingerprint density at radius 2 is 2.10 bits per heavy atom. The van der Waals surface area contributed by atoms with Gasteiger partial charge in [0.15, 0.2) is 9.84 Å². The maximum absolute atomic E-state index is 10.7. The van der Waals surface area contributed by atoms with Crippen LogP contribution in [0.4, 0.5) is 0 Å². The Labute approximate surface area is 61.5 Å². The van der Waals surface area contributed by atoms with Gasteiger partial charge < -0.3 is 5.73 Å². The maximum Gasteiger partial charge on any atom is 0.151 e. The van der Waals surface area contributed by atoms with E-state index in [1.165, 1.54) is 0 Å². The molecule has 0 aliphatic carbocycles. The van der Waals surface area contributed by atoms with E-state index in [0.717, 1.165) is 6.42 Å². The van der Waals surface area contributed by atoms with Gasteiger partial charge in [0.2, 0.25) is 0 Å². The van der Waals surface area contributed by atoms with Crippen molar-refractivity contribution in [2.75, 3.05) is 11.5 Å². The minimum Gasteiger partial charge on any atom is -0.327 e. The summed E-state index contributed by atoms with van der Waals surface area (Å²) in [6.07, 6.45) is 0.875. The van der Waals surface area contributed by atoms with Gasteiger partial charge in [-0.2, -0.15) is 0 Å². The van der Waals surface area contributed by atoms with Gasteiger partial charge in [-0.25, -0.2) is 8.42 Å². The molecule has 60 valence electrons. The molecular formula is C6H13NO2S. The highest BCUT2D eigenvalue weighted by Crippen LogP contribution is 2.21. The van der Waals surface area contributed by atoms with E-state index in [-0.39, 0.29) is 12.0 Å². The third-order valence-corrected chi connectivity index (χ3v) is 3.88. The molecule has 10 heavy (non-hydrogen) atoms. The monoisotopic (exact) mass is 163 g/mol. The molecule has 0 saturated carbocycles. The van der Waals surface area contributed by atoms with Crippen LogP contribution >= 0.6 is 0 Å². The fraction of sp³-hybridized carbons (Fsp3) is 1.00. The largest absolute Gasteiger partial charge is 0.327 e. The maximum atomic E-state index is 10.7. The molecule has 1 rings (SSSR count). The molecule has 0 spiro atoms. The van der Waals surface area contributed by atoms with Crippen LogP contribution in [0.3, 0.4) is 0 Å². The Hall–Kier alpha value is -0.0900. The van der Waals surface area contributed by atoms with Crippen LogP contribution in [0.5, 0.6) is 0 Å². The molecule has 1 aliphatic heterocycles. The quantitative estimate of drug-likeness (QED) is 0.611. The zero-order valence-corrected chi connectivity index (χ0v) is 6.89. The van der Waals surface area contributed by atoms with Crippen molar-refractivity contribution in [3.63, 3.8) is 0 Å². The van der Waals surface area contributed by atoms with Crippen LogP contribution in [0.25, 0.3) is 0 Å². The van der Waals surface area contributed by atoms with E-state index in [1.54, 1.807) is 0 Å². The van der Waals surface area contributed by atoms with E-state index in [2.05, 4.69) is 0 Å². The standard InChI is InChI=1S/C6H13NO2S/c1-2-6(7)5-3-10(8,9)4-5/h5-6H,2-4,7H2,1H3. The number of sulfone groups is 1. The highest BCUT2D eigenvalue weighted by molar-refractivity contribution is 7.92. The summed E-state index contributed by atoms with van der Waals surface area (Å²) in [6, 6.07) is 0.0866. The fourth-order valence-corrected chi connectivity index (χ4v) is 2.89. The summed E-state index contributed by atoms with van der Waals surface area (Å²) in [6.45, 7) is 1.98. The van der Waals surface area contributed by atoms with Crippen molar-refractivity contribution in [2.45, 2.75) is 19.4 Å². The van der Waals surface area contributed by atoms with Gasteiger partial charge in [0, 0.05) is 12.0 Å². The highest BCUT2D eigenvalue weighted by Gasteiger charge is 2.36. The van der Waals surface area contributed by atoms with Crippen LogP contribution in [-0.2, 0) is 9.84 Å². The first-order valence-electron chi connectivity index (χ1n) is 3.51. The lowest BCUT2D eigenvalue weighted by Crippen LogP contribution is -2.47. The molecule has 1 aliphatic rings. The molecular weight excluding hydrogens is 150 g/mol. The predicted octanol–water partition coefficient (Wildman–Crippen LogP) is -0.232. The lowest BCUT2D eigenvalue weighted by molar-refractivity contribution is 0.437. The van der Waals surface area contributed by atoms with Gasteiger partial charge in [-0.3, -0.25) is 0 Å². The van der Waals surface area contributed by atoms with E-state index in [9.17, 15) is 8.42 Å². The van der Waals surface area contributed by atoms with Crippen molar-refractivity contribution in [3.8, 4) is 0 Å². The van der Waals surface area contributed by atoms with E-state index < -0.39 is 9.84 Å². The summed E-state index contributed by atoms with van der Waals surface area (Å²) < 4.78 is 21.3. The molecule has 1 saturated heterocycles. The fourth-order valence-electron chi connectivity index (χ4n) is 1.18. The number of nitrogens with two attached hydrogens (primary N) is 1. The molecule has 0 amide bonds. The lowest BCUT2D eigenvalue weighted by atomic mass is 10.0. The van der Waals surface area contributed by atoms with Gasteiger partial charge in [0.1, 0.15) is 0 Å². The van der Waals surface area contributed by atoms with Gasteiger partial charge in [0.05, 0.1) is 11.5 Å².